The van der Waals surface area contributed by atoms with Gasteiger partial charge in [-0.1, -0.05) is 33.1 Å². The van der Waals surface area contributed by atoms with Crippen LogP contribution < -0.4 is 5.32 Å². The van der Waals surface area contributed by atoms with E-state index in [0.29, 0.717) is 12.0 Å². The van der Waals surface area contributed by atoms with Crippen LogP contribution in [0, 0.1) is 5.92 Å². The lowest BCUT2D eigenvalue weighted by Crippen LogP contribution is -2.45. The van der Waals surface area contributed by atoms with Crippen molar-refractivity contribution in [3.05, 3.63) is 0 Å². The van der Waals surface area contributed by atoms with Gasteiger partial charge in [0.15, 0.2) is 0 Å². The van der Waals surface area contributed by atoms with Crippen molar-refractivity contribution >= 4 is 5.97 Å². The molecule has 0 saturated heterocycles. The summed E-state index contributed by atoms with van der Waals surface area (Å²) in [5, 5.41) is 3.53. The molecule has 3 nitrogen and oxygen atoms in total. The standard InChI is InChI=1S/C14H27NO2/c1-4-6-8-12(7-5-2)15-13(11-9-10-11)14(16)17-3/h11-13,15H,4-10H2,1-3H3. The summed E-state index contributed by atoms with van der Waals surface area (Å²) in [6.07, 6.45) is 8.27. The van der Waals surface area contributed by atoms with Gasteiger partial charge in [-0.05, 0) is 31.6 Å². The van der Waals surface area contributed by atoms with Crippen molar-refractivity contribution in [2.24, 2.45) is 5.92 Å². The second-order valence-corrected chi connectivity index (χ2v) is 5.13. The Labute approximate surface area is 105 Å². The summed E-state index contributed by atoms with van der Waals surface area (Å²) in [6.45, 7) is 4.41. The Hall–Kier alpha value is -0.570. The summed E-state index contributed by atoms with van der Waals surface area (Å²) in [5.74, 6) is 0.438. The summed E-state index contributed by atoms with van der Waals surface area (Å²) >= 11 is 0. The van der Waals surface area contributed by atoms with Crippen LogP contribution in [0.3, 0.4) is 0 Å². The molecule has 0 spiro atoms. The third-order valence-electron chi connectivity index (χ3n) is 3.51. The molecule has 1 N–H and O–H groups in total. The SMILES string of the molecule is CCCCC(CCC)NC(C(=O)OC)C1CC1. The quantitative estimate of drug-likeness (QED) is 0.631. The smallest absolute Gasteiger partial charge is 0.323 e. The highest BCUT2D eigenvalue weighted by Crippen LogP contribution is 2.33. The number of unbranched alkanes of at least 4 members (excludes halogenated alkanes) is 1. The Morgan fingerprint density at radius 2 is 2.00 bits per heavy atom. The van der Waals surface area contributed by atoms with Crippen LogP contribution >= 0.6 is 0 Å². The zero-order valence-corrected chi connectivity index (χ0v) is 11.5. The Morgan fingerprint density at radius 1 is 1.29 bits per heavy atom. The molecule has 1 aliphatic rings. The van der Waals surface area contributed by atoms with Gasteiger partial charge in [-0.15, -0.1) is 0 Å². The summed E-state index contributed by atoms with van der Waals surface area (Å²) < 4.78 is 4.90. The molecule has 0 bridgehead atoms. The van der Waals surface area contributed by atoms with Gasteiger partial charge in [0.25, 0.3) is 0 Å². The van der Waals surface area contributed by atoms with Crippen LogP contribution in [-0.4, -0.2) is 25.2 Å². The van der Waals surface area contributed by atoms with Crippen molar-refractivity contribution in [2.45, 2.75) is 70.9 Å². The molecule has 1 rings (SSSR count). The highest BCUT2D eigenvalue weighted by molar-refractivity contribution is 5.76. The molecule has 0 aromatic heterocycles. The third kappa shape index (κ3) is 5.07. The van der Waals surface area contributed by atoms with E-state index in [0.717, 1.165) is 6.42 Å². The second kappa shape index (κ2) is 7.70. The molecule has 0 heterocycles. The fraction of sp³-hybridized carbons (Fsp3) is 0.929. The number of nitrogens with one attached hydrogen (secondary N) is 1. The minimum atomic E-state index is -0.0786. The van der Waals surface area contributed by atoms with Gasteiger partial charge >= 0.3 is 5.97 Å². The molecule has 2 unspecified atom stereocenters. The molecule has 100 valence electrons. The van der Waals surface area contributed by atoms with Gasteiger partial charge in [-0.3, -0.25) is 4.79 Å². The summed E-state index contributed by atoms with van der Waals surface area (Å²) in [7, 11) is 1.49. The first kappa shape index (κ1) is 14.5. The van der Waals surface area contributed by atoms with Gasteiger partial charge in [0.05, 0.1) is 7.11 Å². The van der Waals surface area contributed by atoms with Gasteiger partial charge in [-0.2, -0.15) is 0 Å². The van der Waals surface area contributed by atoms with Crippen LogP contribution in [0.15, 0.2) is 0 Å². The molecular formula is C14H27NO2. The van der Waals surface area contributed by atoms with Gasteiger partial charge < -0.3 is 10.1 Å². The normalized spacial score (nSPS) is 18.8. The molecule has 2 atom stereocenters. The Morgan fingerprint density at radius 3 is 2.47 bits per heavy atom. The number of methoxy groups -OCH3 is 1. The number of ether oxygens (including phenoxy) is 1. The van der Waals surface area contributed by atoms with Gasteiger partial charge in [0.2, 0.25) is 0 Å². The zero-order chi connectivity index (χ0) is 12.7. The number of carbonyl (C=O) groups excluding carboxylic acids is 1. The average molecular weight is 241 g/mol. The minimum absolute atomic E-state index is 0.0617. The molecular weight excluding hydrogens is 214 g/mol. The van der Waals surface area contributed by atoms with Crippen LogP contribution in [0.25, 0.3) is 0 Å². The predicted molar refractivity (Wildman–Crippen MR) is 69.9 cm³/mol. The molecule has 0 aromatic rings. The van der Waals surface area contributed by atoms with Crippen molar-refractivity contribution < 1.29 is 9.53 Å². The Kier molecular flexibility index (Phi) is 6.56. The Balaban J connectivity index is 2.45. The number of rotatable bonds is 9. The van der Waals surface area contributed by atoms with E-state index >= 15 is 0 Å². The van der Waals surface area contributed by atoms with Crippen molar-refractivity contribution in [1.82, 2.24) is 5.32 Å². The highest BCUT2D eigenvalue weighted by atomic mass is 16.5. The maximum atomic E-state index is 11.7. The van der Waals surface area contributed by atoms with Crippen molar-refractivity contribution in [3.8, 4) is 0 Å². The topological polar surface area (TPSA) is 38.3 Å². The average Bonchev–Trinajstić information content (AvgIpc) is 3.15. The van der Waals surface area contributed by atoms with Crippen LogP contribution in [0.2, 0.25) is 0 Å². The fourth-order valence-electron chi connectivity index (χ4n) is 2.32. The third-order valence-corrected chi connectivity index (χ3v) is 3.51. The van der Waals surface area contributed by atoms with E-state index in [9.17, 15) is 4.79 Å². The maximum Gasteiger partial charge on any atom is 0.323 e. The van der Waals surface area contributed by atoms with E-state index in [1.807, 2.05) is 0 Å². The van der Waals surface area contributed by atoms with Crippen molar-refractivity contribution in [3.63, 3.8) is 0 Å². The lowest BCUT2D eigenvalue weighted by molar-refractivity contribution is -0.144. The van der Waals surface area contributed by atoms with Crippen LogP contribution in [0.4, 0.5) is 0 Å². The fourth-order valence-corrected chi connectivity index (χ4v) is 2.32. The van der Waals surface area contributed by atoms with E-state index in [-0.39, 0.29) is 12.0 Å². The van der Waals surface area contributed by atoms with Crippen molar-refractivity contribution in [1.29, 1.82) is 0 Å². The van der Waals surface area contributed by atoms with E-state index in [1.54, 1.807) is 0 Å². The van der Waals surface area contributed by atoms with Gasteiger partial charge in [0.1, 0.15) is 6.04 Å². The molecule has 17 heavy (non-hydrogen) atoms. The number of hydrogen-bond donors (Lipinski definition) is 1. The Bertz CT molecular complexity index is 226. The summed E-state index contributed by atoms with van der Waals surface area (Å²) in [6, 6.07) is 0.415. The van der Waals surface area contributed by atoms with Gasteiger partial charge in [0, 0.05) is 6.04 Å². The molecule has 0 amide bonds. The lowest BCUT2D eigenvalue weighted by atomic mass is 10.0. The molecule has 1 saturated carbocycles. The maximum absolute atomic E-state index is 11.7. The first-order valence-corrected chi connectivity index (χ1v) is 7.06. The molecule has 1 aliphatic carbocycles. The lowest BCUT2D eigenvalue weighted by Gasteiger charge is -2.24. The van der Waals surface area contributed by atoms with Crippen LogP contribution in [-0.2, 0) is 9.53 Å². The first-order valence-electron chi connectivity index (χ1n) is 7.06. The molecule has 3 heteroatoms. The molecule has 0 aromatic carbocycles. The molecule has 0 radical (unpaired) electrons. The predicted octanol–water partition coefficient (Wildman–Crippen LogP) is 2.89. The number of carbonyl (C=O) groups is 1. The van der Waals surface area contributed by atoms with E-state index in [2.05, 4.69) is 19.2 Å². The number of hydrogen-bond acceptors (Lipinski definition) is 3. The largest absolute Gasteiger partial charge is 0.468 e. The van der Waals surface area contributed by atoms with E-state index in [1.165, 1.54) is 45.6 Å². The summed E-state index contributed by atoms with van der Waals surface area (Å²) in [5.41, 5.74) is 0. The van der Waals surface area contributed by atoms with Crippen LogP contribution in [0.1, 0.15) is 58.8 Å². The van der Waals surface area contributed by atoms with Gasteiger partial charge in [-0.25, -0.2) is 0 Å². The number of esters is 1. The minimum Gasteiger partial charge on any atom is -0.468 e. The zero-order valence-electron chi connectivity index (χ0n) is 11.5. The monoisotopic (exact) mass is 241 g/mol. The molecule has 1 fully saturated rings. The first-order chi connectivity index (χ1) is 8.22. The summed E-state index contributed by atoms with van der Waals surface area (Å²) in [4.78, 5) is 11.7. The van der Waals surface area contributed by atoms with Crippen LogP contribution in [0.5, 0.6) is 0 Å². The van der Waals surface area contributed by atoms with E-state index < -0.39 is 0 Å². The highest BCUT2D eigenvalue weighted by Gasteiger charge is 2.37. The second-order valence-electron chi connectivity index (χ2n) is 5.13. The van der Waals surface area contributed by atoms with Crippen molar-refractivity contribution in [2.75, 3.05) is 7.11 Å². The molecule has 0 aliphatic heterocycles. The van der Waals surface area contributed by atoms with E-state index in [4.69, 9.17) is 4.74 Å².